The van der Waals surface area contributed by atoms with Gasteiger partial charge in [-0.05, 0) is 18.2 Å². The lowest BCUT2D eigenvalue weighted by atomic mass is 10.1. The van der Waals surface area contributed by atoms with Gasteiger partial charge in [0.25, 0.3) is 0 Å². The zero-order valence-corrected chi connectivity index (χ0v) is 7.36. The lowest BCUT2D eigenvalue weighted by molar-refractivity contribution is 0.478. The van der Waals surface area contributed by atoms with E-state index in [4.69, 9.17) is 11.5 Å². The molecule has 5 nitrogen and oxygen atoms in total. The highest BCUT2D eigenvalue weighted by Crippen LogP contribution is 2.26. The highest BCUT2D eigenvalue weighted by atomic mass is 16.3. The molecule has 0 aliphatic carbocycles. The lowest BCUT2D eigenvalue weighted by Gasteiger charge is -2.01. The number of rotatable bonds is 1. The molecule has 1 aromatic heterocycles. The molecule has 1 aromatic carbocycles. The van der Waals surface area contributed by atoms with Gasteiger partial charge >= 0.3 is 0 Å². The maximum atomic E-state index is 9.22. The van der Waals surface area contributed by atoms with Gasteiger partial charge in [-0.2, -0.15) is 5.10 Å². The zero-order chi connectivity index (χ0) is 10.1. The van der Waals surface area contributed by atoms with Crippen LogP contribution in [-0.2, 0) is 0 Å². The van der Waals surface area contributed by atoms with E-state index < -0.39 is 0 Å². The predicted molar refractivity (Wildman–Crippen MR) is 54.5 cm³/mol. The SMILES string of the molecule is Nc1cc(-c2ccc(O)c(N)c2)[nH]n1. The lowest BCUT2D eigenvalue weighted by Crippen LogP contribution is -1.86. The summed E-state index contributed by atoms with van der Waals surface area (Å²) in [5.74, 6) is 0.493. The minimum atomic E-state index is 0.0706. The Morgan fingerprint density at radius 1 is 1.21 bits per heavy atom. The second kappa shape index (κ2) is 2.95. The number of nitrogens with two attached hydrogens (primary N) is 2. The minimum Gasteiger partial charge on any atom is -0.506 e. The van der Waals surface area contributed by atoms with Gasteiger partial charge in [0.2, 0.25) is 0 Å². The van der Waals surface area contributed by atoms with Gasteiger partial charge in [0.1, 0.15) is 11.6 Å². The fourth-order valence-corrected chi connectivity index (χ4v) is 1.21. The Hall–Kier alpha value is -2.17. The van der Waals surface area contributed by atoms with Gasteiger partial charge in [-0.3, -0.25) is 5.10 Å². The summed E-state index contributed by atoms with van der Waals surface area (Å²) in [7, 11) is 0. The van der Waals surface area contributed by atoms with Crippen molar-refractivity contribution in [1.29, 1.82) is 0 Å². The molecule has 0 spiro atoms. The van der Waals surface area contributed by atoms with Gasteiger partial charge in [-0.15, -0.1) is 0 Å². The van der Waals surface area contributed by atoms with Gasteiger partial charge in [-0.25, -0.2) is 0 Å². The summed E-state index contributed by atoms with van der Waals surface area (Å²) in [6.45, 7) is 0. The van der Waals surface area contributed by atoms with E-state index in [1.807, 2.05) is 0 Å². The number of aromatic nitrogens is 2. The molecule has 0 aliphatic rings. The van der Waals surface area contributed by atoms with E-state index in [2.05, 4.69) is 10.2 Å². The van der Waals surface area contributed by atoms with Crippen LogP contribution in [0.2, 0.25) is 0 Å². The van der Waals surface area contributed by atoms with Gasteiger partial charge in [0.05, 0.1) is 11.4 Å². The maximum absolute atomic E-state index is 9.22. The second-order valence-electron chi connectivity index (χ2n) is 2.98. The standard InChI is InChI=1S/C9H10N4O/c10-6-3-5(1-2-8(6)14)7-4-9(11)13-12-7/h1-4,14H,10H2,(H3,11,12,13). The van der Waals surface area contributed by atoms with E-state index in [0.717, 1.165) is 11.3 Å². The number of anilines is 2. The summed E-state index contributed by atoms with van der Waals surface area (Å²) in [6.07, 6.45) is 0. The van der Waals surface area contributed by atoms with Crippen LogP contribution >= 0.6 is 0 Å². The summed E-state index contributed by atoms with van der Waals surface area (Å²) >= 11 is 0. The Morgan fingerprint density at radius 3 is 2.57 bits per heavy atom. The van der Waals surface area contributed by atoms with Gasteiger partial charge in [-0.1, -0.05) is 0 Å². The molecule has 0 radical (unpaired) electrons. The number of benzene rings is 1. The first-order chi connectivity index (χ1) is 6.66. The van der Waals surface area contributed by atoms with E-state index in [-0.39, 0.29) is 5.75 Å². The van der Waals surface area contributed by atoms with Crippen LogP contribution in [0.25, 0.3) is 11.3 Å². The van der Waals surface area contributed by atoms with Crippen molar-refractivity contribution in [1.82, 2.24) is 10.2 Å². The van der Waals surface area contributed by atoms with Gasteiger partial charge in [0.15, 0.2) is 0 Å². The average Bonchev–Trinajstić information content (AvgIpc) is 2.57. The van der Waals surface area contributed by atoms with Crippen LogP contribution in [0.5, 0.6) is 5.75 Å². The molecule has 0 fully saturated rings. The molecule has 2 rings (SSSR count). The summed E-state index contributed by atoms with van der Waals surface area (Å²) in [5.41, 5.74) is 12.9. The van der Waals surface area contributed by atoms with Crippen LogP contribution in [0.1, 0.15) is 0 Å². The minimum absolute atomic E-state index is 0.0706. The van der Waals surface area contributed by atoms with Crippen molar-refractivity contribution in [2.45, 2.75) is 0 Å². The van der Waals surface area contributed by atoms with E-state index in [1.54, 1.807) is 18.2 Å². The maximum Gasteiger partial charge on any atom is 0.145 e. The van der Waals surface area contributed by atoms with Crippen LogP contribution in [0.3, 0.4) is 0 Å². The summed E-state index contributed by atoms with van der Waals surface area (Å²) < 4.78 is 0. The first kappa shape index (κ1) is 8.43. The van der Waals surface area contributed by atoms with E-state index in [1.165, 1.54) is 6.07 Å². The molecule has 2 aromatic rings. The first-order valence-electron chi connectivity index (χ1n) is 4.06. The number of nitrogen functional groups attached to an aromatic ring is 2. The number of nitrogens with one attached hydrogen (secondary N) is 1. The molecule has 0 saturated carbocycles. The highest BCUT2D eigenvalue weighted by Gasteiger charge is 2.03. The Labute approximate surface area is 80.4 Å². The number of phenolic OH excluding ortho intramolecular Hbond substituents is 1. The number of aromatic hydroxyl groups is 1. The molecular formula is C9H10N4O. The summed E-state index contributed by atoms with van der Waals surface area (Å²) in [6, 6.07) is 6.62. The van der Waals surface area contributed by atoms with Crippen molar-refractivity contribution in [2.75, 3.05) is 11.5 Å². The normalized spacial score (nSPS) is 10.3. The molecule has 0 amide bonds. The van der Waals surface area contributed by atoms with Crippen molar-refractivity contribution >= 4 is 11.5 Å². The molecule has 0 aliphatic heterocycles. The van der Waals surface area contributed by atoms with Crippen LogP contribution in [0.4, 0.5) is 11.5 Å². The Bertz CT molecular complexity index is 464. The number of aromatic amines is 1. The predicted octanol–water partition coefficient (Wildman–Crippen LogP) is 0.947. The third-order valence-electron chi connectivity index (χ3n) is 1.94. The van der Waals surface area contributed by atoms with Gasteiger partial charge < -0.3 is 16.6 Å². The third kappa shape index (κ3) is 1.35. The first-order valence-corrected chi connectivity index (χ1v) is 4.06. The number of hydrogen-bond acceptors (Lipinski definition) is 4. The van der Waals surface area contributed by atoms with Crippen molar-refractivity contribution in [3.63, 3.8) is 0 Å². The molecule has 6 N–H and O–H groups in total. The topological polar surface area (TPSA) is 101 Å². The Kier molecular flexibility index (Phi) is 1.78. The zero-order valence-electron chi connectivity index (χ0n) is 7.36. The fourth-order valence-electron chi connectivity index (χ4n) is 1.21. The molecule has 5 heteroatoms. The third-order valence-corrected chi connectivity index (χ3v) is 1.94. The molecule has 1 heterocycles. The fraction of sp³-hybridized carbons (Fsp3) is 0. The molecule has 72 valence electrons. The Morgan fingerprint density at radius 2 is 2.00 bits per heavy atom. The van der Waals surface area contributed by atoms with E-state index >= 15 is 0 Å². The van der Waals surface area contributed by atoms with Crippen molar-refractivity contribution in [3.05, 3.63) is 24.3 Å². The van der Waals surface area contributed by atoms with Gasteiger partial charge in [0, 0.05) is 11.6 Å². The highest BCUT2D eigenvalue weighted by molar-refractivity contribution is 5.69. The van der Waals surface area contributed by atoms with Crippen molar-refractivity contribution < 1.29 is 5.11 Å². The summed E-state index contributed by atoms with van der Waals surface area (Å²) in [4.78, 5) is 0. The molecule has 0 unspecified atom stereocenters. The molecule has 0 bridgehead atoms. The van der Waals surface area contributed by atoms with Crippen LogP contribution in [0, 0.1) is 0 Å². The molecule has 0 atom stereocenters. The largest absolute Gasteiger partial charge is 0.506 e. The smallest absolute Gasteiger partial charge is 0.145 e. The molecule has 0 saturated heterocycles. The number of hydrogen-bond donors (Lipinski definition) is 4. The van der Waals surface area contributed by atoms with Crippen LogP contribution in [0.15, 0.2) is 24.3 Å². The monoisotopic (exact) mass is 190 g/mol. The van der Waals surface area contributed by atoms with Crippen LogP contribution in [-0.4, -0.2) is 15.3 Å². The van der Waals surface area contributed by atoms with Crippen molar-refractivity contribution in [2.24, 2.45) is 0 Å². The van der Waals surface area contributed by atoms with Crippen molar-refractivity contribution in [3.8, 4) is 17.0 Å². The van der Waals surface area contributed by atoms with Crippen LogP contribution < -0.4 is 11.5 Å². The molecular weight excluding hydrogens is 180 g/mol. The number of phenols is 1. The number of nitrogens with zero attached hydrogens (tertiary/aromatic N) is 1. The summed E-state index contributed by atoms with van der Waals surface area (Å²) in [5, 5.41) is 15.8. The van der Waals surface area contributed by atoms with E-state index in [9.17, 15) is 5.11 Å². The quantitative estimate of drug-likeness (QED) is 0.397. The Balaban J connectivity index is 2.47. The molecule has 14 heavy (non-hydrogen) atoms. The van der Waals surface area contributed by atoms with E-state index in [0.29, 0.717) is 11.5 Å². The second-order valence-corrected chi connectivity index (χ2v) is 2.98. The number of H-pyrrole nitrogens is 1. The average molecular weight is 190 g/mol.